The number of ether oxygens (including phenoxy) is 2. The molecule has 0 unspecified atom stereocenters. The number of pyridine rings is 1. The van der Waals surface area contributed by atoms with Gasteiger partial charge in [-0.2, -0.15) is 0 Å². The van der Waals surface area contributed by atoms with Crippen molar-refractivity contribution in [2.75, 3.05) is 32.0 Å². The SMILES string of the molecule is [C-]#[N+]c1cc2c(Oc3ccc(N)c(F)c3)ccnc2cc1OCCCN1CCCCC1. The summed E-state index contributed by atoms with van der Waals surface area (Å²) in [5, 5.41) is 0.659. The van der Waals surface area contributed by atoms with Crippen LogP contribution >= 0.6 is 0 Å². The summed E-state index contributed by atoms with van der Waals surface area (Å²) in [6.45, 7) is 11.4. The number of piperidine rings is 1. The predicted octanol–water partition coefficient (Wildman–Crippen LogP) is 5.55. The number of benzene rings is 2. The molecule has 0 bridgehead atoms. The van der Waals surface area contributed by atoms with Gasteiger partial charge in [-0.25, -0.2) is 9.24 Å². The van der Waals surface area contributed by atoms with Gasteiger partial charge in [-0.05, 0) is 62.7 Å². The fourth-order valence-electron chi connectivity index (χ4n) is 3.78. The maximum absolute atomic E-state index is 13.8. The molecule has 0 atom stereocenters. The number of fused-ring (bicyclic) bond motifs is 1. The van der Waals surface area contributed by atoms with Gasteiger partial charge in [0.2, 0.25) is 5.69 Å². The first-order valence-electron chi connectivity index (χ1n) is 10.5. The lowest BCUT2D eigenvalue weighted by atomic mass is 10.1. The Bertz CT molecular complexity index is 1110. The van der Waals surface area contributed by atoms with E-state index in [1.165, 1.54) is 31.4 Å². The summed E-state index contributed by atoms with van der Waals surface area (Å²) < 4.78 is 25.5. The zero-order valence-electron chi connectivity index (χ0n) is 17.3. The molecule has 1 aliphatic rings. The smallest absolute Gasteiger partial charge is 0.229 e. The number of anilines is 1. The third-order valence-electron chi connectivity index (χ3n) is 5.43. The van der Waals surface area contributed by atoms with Crippen molar-refractivity contribution in [1.82, 2.24) is 9.88 Å². The summed E-state index contributed by atoms with van der Waals surface area (Å²) in [6.07, 6.45) is 6.39. The van der Waals surface area contributed by atoms with Gasteiger partial charge < -0.3 is 20.1 Å². The molecule has 0 radical (unpaired) electrons. The van der Waals surface area contributed by atoms with Gasteiger partial charge in [0.15, 0.2) is 0 Å². The van der Waals surface area contributed by atoms with Crippen LogP contribution in [0.3, 0.4) is 0 Å². The second-order valence-corrected chi connectivity index (χ2v) is 7.65. The molecule has 2 aromatic carbocycles. The van der Waals surface area contributed by atoms with Crippen molar-refractivity contribution in [1.29, 1.82) is 0 Å². The average Bonchev–Trinajstić information content (AvgIpc) is 2.79. The highest BCUT2D eigenvalue weighted by atomic mass is 19.1. The number of nitrogens with zero attached hydrogens (tertiary/aromatic N) is 3. The minimum Gasteiger partial charge on any atom is -0.504 e. The fraction of sp³-hybridized carbons (Fsp3) is 0.333. The van der Waals surface area contributed by atoms with E-state index in [1.807, 2.05) is 0 Å². The topological polar surface area (TPSA) is 65.0 Å². The highest BCUT2D eigenvalue weighted by Gasteiger charge is 2.13. The second-order valence-electron chi connectivity index (χ2n) is 7.65. The molecule has 1 fully saturated rings. The van der Waals surface area contributed by atoms with Crippen LogP contribution < -0.4 is 15.2 Å². The van der Waals surface area contributed by atoms with Crippen molar-refractivity contribution < 1.29 is 13.9 Å². The lowest BCUT2D eigenvalue weighted by Gasteiger charge is -2.26. The van der Waals surface area contributed by atoms with Crippen molar-refractivity contribution in [3.8, 4) is 17.2 Å². The molecule has 1 aliphatic heterocycles. The minimum absolute atomic E-state index is 0.0595. The standard InChI is InChI=1S/C24H25FN4O2/c1-27-22-15-18-21(16-24(22)30-13-5-12-29-10-3-2-4-11-29)28-9-8-23(18)31-17-6-7-20(26)19(25)14-17/h6-9,14-16H,2-5,10-13,26H2. The number of hydrogen-bond donors (Lipinski definition) is 1. The summed E-state index contributed by atoms with van der Waals surface area (Å²) in [4.78, 5) is 10.5. The maximum Gasteiger partial charge on any atom is 0.229 e. The molecule has 160 valence electrons. The largest absolute Gasteiger partial charge is 0.504 e. The summed E-state index contributed by atoms with van der Waals surface area (Å²) in [6, 6.07) is 9.44. The van der Waals surface area contributed by atoms with Crippen molar-refractivity contribution >= 4 is 22.3 Å². The normalized spacial score (nSPS) is 14.3. The van der Waals surface area contributed by atoms with E-state index in [4.69, 9.17) is 21.8 Å². The Kier molecular flexibility index (Phi) is 6.48. The second kappa shape index (κ2) is 9.63. The van der Waals surface area contributed by atoms with E-state index in [1.54, 1.807) is 30.5 Å². The first-order valence-corrected chi connectivity index (χ1v) is 10.5. The van der Waals surface area contributed by atoms with Gasteiger partial charge >= 0.3 is 0 Å². The molecule has 1 saturated heterocycles. The maximum atomic E-state index is 13.8. The van der Waals surface area contributed by atoms with Crippen LogP contribution in [0.5, 0.6) is 17.2 Å². The number of rotatable bonds is 7. The van der Waals surface area contributed by atoms with E-state index in [9.17, 15) is 4.39 Å². The fourth-order valence-corrected chi connectivity index (χ4v) is 3.78. The molecule has 4 rings (SSSR count). The van der Waals surface area contributed by atoms with Gasteiger partial charge in [-0.1, -0.05) is 6.42 Å². The van der Waals surface area contributed by atoms with Crippen LogP contribution in [-0.4, -0.2) is 36.1 Å². The molecular weight excluding hydrogens is 395 g/mol. The van der Waals surface area contributed by atoms with Crippen LogP contribution in [0, 0.1) is 12.4 Å². The molecule has 0 saturated carbocycles. The first-order chi connectivity index (χ1) is 15.1. The Labute approximate surface area is 181 Å². The molecule has 0 spiro atoms. The summed E-state index contributed by atoms with van der Waals surface area (Å²) in [5.74, 6) is 0.777. The number of nitrogens with two attached hydrogens (primary N) is 1. The van der Waals surface area contributed by atoms with Gasteiger partial charge in [0.05, 0.1) is 24.4 Å². The molecule has 0 aliphatic carbocycles. The molecular formula is C24H25FN4O2. The van der Waals surface area contributed by atoms with Crippen LogP contribution in [0.4, 0.5) is 15.8 Å². The Morgan fingerprint density at radius 1 is 1.10 bits per heavy atom. The Hall–Kier alpha value is -3.37. The predicted molar refractivity (Wildman–Crippen MR) is 119 cm³/mol. The molecule has 2 heterocycles. The van der Waals surface area contributed by atoms with Gasteiger partial charge in [-0.15, -0.1) is 0 Å². The third-order valence-corrected chi connectivity index (χ3v) is 5.43. The van der Waals surface area contributed by atoms with Crippen molar-refractivity contribution in [3.05, 3.63) is 59.8 Å². The van der Waals surface area contributed by atoms with Gasteiger partial charge in [0.25, 0.3) is 0 Å². The summed E-state index contributed by atoms with van der Waals surface area (Å²) in [5.41, 5.74) is 6.63. The van der Waals surface area contributed by atoms with Crippen molar-refractivity contribution in [3.63, 3.8) is 0 Å². The van der Waals surface area contributed by atoms with E-state index in [0.717, 1.165) is 26.1 Å². The highest BCUT2D eigenvalue weighted by Crippen LogP contribution is 2.37. The molecule has 1 aromatic heterocycles. The molecule has 6 nitrogen and oxygen atoms in total. The molecule has 31 heavy (non-hydrogen) atoms. The van der Waals surface area contributed by atoms with Crippen molar-refractivity contribution in [2.24, 2.45) is 0 Å². The zero-order valence-corrected chi connectivity index (χ0v) is 17.3. The number of likely N-dealkylation sites (tertiary alicyclic amines) is 1. The van der Waals surface area contributed by atoms with E-state index < -0.39 is 5.82 Å². The molecule has 3 aromatic rings. The summed E-state index contributed by atoms with van der Waals surface area (Å²) in [7, 11) is 0. The van der Waals surface area contributed by atoms with E-state index in [2.05, 4.69) is 14.7 Å². The van der Waals surface area contributed by atoms with E-state index >= 15 is 0 Å². The highest BCUT2D eigenvalue weighted by molar-refractivity contribution is 5.91. The first kappa shape index (κ1) is 20.9. The van der Waals surface area contributed by atoms with Crippen LogP contribution in [0.15, 0.2) is 42.6 Å². The number of hydrogen-bond acceptors (Lipinski definition) is 5. The van der Waals surface area contributed by atoms with Gasteiger partial charge in [0.1, 0.15) is 23.1 Å². The Morgan fingerprint density at radius 2 is 1.94 bits per heavy atom. The van der Waals surface area contributed by atoms with E-state index in [-0.39, 0.29) is 5.69 Å². The van der Waals surface area contributed by atoms with Crippen LogP contribution in [0.1, 0.15) is 25.7 Å². The Balaban J connectivity index is 1.49. The molecule has 7 heteroatoms. The number of aromatic nitrogens is 1. The monoisotopic (exact) mass is 420 g/mol. The lowest BCUT2D eigenvalue weighted by Crippen LogP contribution is -2.31. The van der Waals surface area contributed by atoms with Crippen LogP contribution in [0.25, 0.3) is 15.7 Å². The Morgan fingerprint density at radius 3 is 2.71 bits per heavy atom. The molecule has 2 N–H and O–H groups in total. The quantitative estimate of drug-likeness (QED) is 0.308. The minimum atomic E-state index is -0.544. The molecule has 0 amide bonds. The zero-order chi connectivity index (χ0) is 21.6. The van der Waals surface area contributed by atoms with Crippen LogP contribution in [-0.2, 0) is 0 Å². The van der Waals surface area contributed by atoms with Crippen molar-refractivity contribution in [2.45, 2.75) is 25.7 Å². The van der Waals surface area contributed by atoms with Crippen LogP contribution in [0.2, 0.25) is 0 Å². The van der Waals surface area contributed by atoms with E-state index in [0.29, 0.717) is 40.4 Å². The van der Waals surface area contributed by atoms with Gasteiger partial charge in [-0.3, -0.25) is 4.98 Å². The van der Waals surface area contributed by atoms with Gasteiger partial charge in [0, 0.05) is 24.2 Å². The number of nitrogen functional groups attached to an aromatic ring is 1. The lowest BCUT2D eigenvalue weighted by molar-refractivity contribution is 0.205. The summed E-state index contributed by atoms with van der Waals surface area (Å²) >= 11 is 0. The average molecular weight is 420 g/mol. The number of halogens is 1. The third kappa shape index (κ3) is 5.04.